The molecule has 152 valence electrons. The molecule has 0 saturated heterocycles. The van der Waals surface area contributed by atoms with Gasteiger partial charge in [0.05, 0.1) is 0 Å². The topological polar surface area (TPSA) is 51.0 Å². The van der Waals surface area contributed by atoms with Gasteiger partial charge in [0, 0.05) is 64.8 Å². The minimum Gasteiger partial charge on any atom is -0.339 e. The van der Waals surface area contributed by atoms with Gasteiger partial charge in [0.25, 0.3) is 0 Å². The number of carbonyl (C=O) groups is 1. The van der Waals surface area contributed by atoms with E-state index in [9.17, 15) is 4.79 Å². The molecule has 0 N–H and O–H groups in total. The number of fused-ring (bicyclic) bond motifs is 5. The van der Waals surface area contributed by atoms with Crippen molar-refractivity contribution in [3.8, 4) is 11.1 Å². The number of ketones is 1. The highest BCUT2D eigenvalue weighted by molar-refractivity contribution is 6.15. The van der Waals surface area contributed by atoms with E-state index in [4.69, 9.17) is 0 Å². The zero-order chi connectivity index (χ0) is 20.7. The Morgan fingerprint density at radius 3 is 2.50 bits per heavy atom. The highest BCUT2D eigenvalue weighted by atomic mass is 16.1. The summed E-state index contributed by atoms with van der Waals surface area (Å²) in [6.07, 6.45) is 6.70. The molecule has 5 rings (SSSR count). The van der Waals surface area contributed by atoms with Crippen molar-refractivity contribution in [2.45, 2.75) is 33.2 Å². The lowest BCUT2D eigenvalue weighted by atomic mass is 10.0. The Morgan fingerprint density at radius 2 is 1.73 bits per heavy atom. The highest BCUT2D eigenvalue weighted by Gasteiger charge is 2.25. The van der Waals surface area contributed by atoms with Gasteiger partial charge >= 0.3 is 0 Å². The Morgan fingerprint density at radius 1 is 0.967 bits per heavy atom. The van der Waals surface area contributed by atoms with Crippen LogP contribution >= 0.6 is 0 Å². The Labute approximate surface area is 176 Å². The molecule has 2 aromatic carbocycles. The number of carbonyl (C=O) groups excluding carboxylic acids is 1. The third-order valence-electron chi connectivity index (χ3n) is 6.47. The number of nitrogens with zero attached hydrogens (tertiary/aromatic N) is 4. The van der Waals surface area contributed by atoms with E-state index < -0.39 is 0 Å². The van der Waals surface area contributed by atoms with Crippen molar-refractivity contribution in [3.05, 3.63) is 60.2 Å². The number of hydrogen-bond donors (Lipinski definition) is 0. The minimum absolute atomic E-state index is 0.267. The van der Waals surface area contributed by atoms with Crippen LogP contribution in [0.3, 0.4) is 0 Å². The van der Waals surface area contributed by atoms with Crippen LogP contribution in [0.4, 0.5) is 0 Å². The first-order valence-electron chi connectivity index (χ1n) is 10.8. The first kappa shape index (κ1) is 18.9. The predicted octanol–water partition coefficient (Wildman–Crippen LogP) is 4.72. The van der Waals surface area contributed by atoms with Crippen molar-refractivity contribution in [2.24, 2.45) is 0 Å². The molecule has 0 unspecified atom stereocenters. The molecular weight excluding hydrogens is 372 g/mol. The third kappa shape index (κ3) is 3.01. The number of hydrogen-bond acceptors (Lipinski definition) is 4. The van der Waals surface area contributed by atoms with Crippen LogP contribution in [0.1, 0.15) is 36.2 Å². The summed E-state index contributed by atoms with van der Waals surface area (Å²) in [5, 5.41) is 2.46. The number of aromatic nitrogens is 3. The van der Waals surface area contributed by atoms with Crippen molar-refractivity contribution < 1.29 is 4.79 Å². The van der Waals surface area contributed by atoms with Crippen LogP contribution in [0.25, 0.3) is 32.9 Å². The molecule has 0 spiro atoms. The molecule has 1 aliphatic rings. The number of Topliss-reactive ketones (excluding diaryl/α,β-unsaturated/α-hetero) is 1. The van der Waals surface area contributed by atoms with Gasteiger partial charge < -0.3 is 9.47 Å². The predicted molar refractivity (Wildman–Crippen MR) is 121 cm³/mol. The van der Waals surface area contributed by atoms with E-state index in [0.717, 1.165) is 49.3 Å². The Kier molecular flexibility index (Phi) is 4.83. The summed E-state index contributed by atoms with van der Waals surface area (Å²) in [5.74, 6) is 0.267. The Bertz CT molecular complexity index is 1240. The highest BCUT2D eigenvalue weighted by Crippen LogP contribution is 2.38. The van der Waals surface area contributed by atoms with Gasteiger partial charge in [-0.25, -0.2) is 9.97 Å². The first-order valence-corrected chi connectivity index (χ1v) is 10.8. The second-order valence-corrected chi connectivity index (χ2v) is 7.95. The molecule has 5 heteroatoms. The maximum Gasteiger partial charge on any atom is 0.163 e. The lowest BCUT2D eigenvalue weighted by Gasteiger charge is -2.19. The van der Waals surface area contributed by atoms with E-state index in [1.165, 1.54) is 27.4 Å². The lowest BCUT2D eigenvalue weighted by molar-refractivity contribution is 0.0994. The van der Waals surface area contributed by atoms with E-state index in [1.54, 1.807) is 6.33 Å². The Hall–Kier alpha value is -3.05. The second-order valence-electron chi connectivity index (χ2n) is 7.95. The van der Waals surface area contributed by atoms with Crippen LogP contribution in [-0.4, -0.2) is 44.9 Å². The number of rotatable bonds is 6. The average Bonchev–Trinajstić information content (AvgIpc) is 3.32. The summed E-state index contributed by atoms with van der Waals surface area (Å²) in [6, 6.07) is 10.8. The minimum atomic E-state index is 0.267. The molecule has 30 heavy (non-hydrogen) atoms. The Balaban J connectivity index is 1.73. The molecule has 0 saturated carbocycles. The standard InChI is InChI=1S/C25H26N4O/c1-3-28(4-2)11-12-29-22-8-5-17(18-14-26-16-27-15-18)13-21(22)25-20-7-10-24(30)19(20)6-9-23(25)29/h5-6,8-9,13-16H,3-4,7,10-12H2,1-2H3. The van der Waals surface area contributed by atoms with Gasteiger partial charge in [-0.2, -0.15) is 0 Å². The van der Waals surface area contributed by atoms with E-state index in [1.807, 2.05) is 18.5 Å². The molecule has 0 aliphatic heterocycles. The molecule has 2 aromatic heterocycles. The second kappa shape index (κ2) is 7.65. The molecule has 0 amide bonds. The van der Waals surface area contributed by atoms with Crippen molar-refractivity contribution in [1.82, 2.24) is 19.4 Å². The van der Waals surface area contributed by atoms with Crippen LogP contribution in [-0.2, 0) is 13.0 Å². The van der Waals surface area contributed by atoms with Crippen LogP contribution in [0, 0.1) is 0 Å². The van der Waals surface area contributed by atoms with Gasteiger partial charge in [0.1, 0.15) is 6.33 Å². The van der Waals surface area contributed by atoms with Crippen molar-refractivity contribution in [2.75, 3.05) is 19.6 Å². The summed E-state index contributed by atoms with van der Waals surface area (Å²) in [4.78, 5) is 23.2. The summed E-state index contributed by atoms with van der Waals surface area (Å²) in [5.41, 5.74) is 6.68. The summed E-state index contributed by atoms with van der Waals surface area (Å²) < 4.78 is 2.43. The summed E-state index contributed by atoms with van der Waals surface area (Å²) >= 11 is 0. The SMILES string of the molecule is CCN(CC)CCn1c2ccc(-c3cncnc3)cc2c2c3c(ccc21)C(=O)CC3. The molecule has 5 nitrogen and oxygen atoms in total. The molecule has 0 radical (unpaired) electrons. The zero-order valence-corrected chi connectivity index (χ0v) is 17.6. The van der Waals surface area contributed by atoms with Gasteiger partial charge in [-0.15, -0.1) is 0 Å². The fraction of sp³-hybridized carbons (Fsp3) is 0.320. The van der Waals surface area contributed by atoms with Crippen LogP contribution in [0.15, 0.2) is 49.1 Å². The average molecular weight is 399 g/mol. The molecule has 0 atom stereocenters. The molecule has 2 heterocycles. The number of aryl methyl sites for hydroxylation is 1. The van der Waals surface area contributed by atoms with Gasteiger partial charge in [-0.05, 0) is 54.9 Å². The van der Waals surface area contributed by atoms with Crippen molar-refractivity contribution >= 4 is 27.6 Å². The van der Waals surface area contributed by atoms with E-state index in [-0.39, 0.29) is 5.78 Å². The first-order chi connectivity index (χ1) is 14.7. The summed E-state index contributed by atoms with van der Waals surface area (Å²) in [6.45, 7) is 8.47. The summed E-state index contributed by atoms with van der Waals surface area (Å²) in [7, 11) is 0. The maximum absolute atomic E-state index is 12.4. The van der Waals surface area contributed by atoms with Crippen LogP contribution < -0.4 is 0 Å². The number of likely N-dealkylation sites (N-methyl/N-ethyl adjacent to an activating group) is 1. The fourth-order valence-corrected chi connectivity index (χ4v) is 4.81. The van der Waals surface area contributed by atoms with Crippen LogP contribution in [0.5, 0.6) is 0 Å². The van der Waals surface area contributed by atoms with Gasteiger partial charge in [-0.1, -0.05) is 19.9 Å². The molecule has 0 bridgehead atoms. The lowest BCUT2D eigenvalue weighted by Crippen LogP contribution is -2.26. The van der Waals surface area contributed by atoms with E-state index in [0.29, 0.717) is 6.42 Å². The van der Waals surface area contributed by atoms with Crippen molar-refractivity contribution in [3.63, 3.8) is 0 Å². The van der Waals surface area contributed by atoms with E-state index in [2.05, 4.69) is 57.5 Å². The fourth-order valence-electron chi connectivity index (χ4n) is 4.81. The normalized spacial score (nSPS) is 13.6. The molecule has 1 aliphatic carbocycles. The smallest absolute Gasteiger partial charge is 0.163 e. The van der Waals surface area contributed by atoms with Crippen LogP contribution in [0.2, 0.25) is 0 Å². The molecule has 0 fully saturated rings. The molecule has 4 aromatic rings. The maximum atomic E-state index is 12.4. The molecular formula is C25H26N4O. The monoisotopic (exact) mass is 398 g/mol. The largest absolute Gasteiger partial charge is 0.339 e. The van der Waals surface area contributed by atoms with Gasteiger partial charge in [0.2, 0.25) is 0 Å². The quantitative estimate of drug-likeness (QED) is 0.471. The van der Waals surface area contributed by atoms with E-state index >= 15 is 0 Å². The zero-order valence-electron chi connectivity index (χ0n) is 17.6. The number of benzene rings is 2. The van der Waals surface area contributed by atoms with Gasteiger partial charge in [-0.3, -0.25) is 4.79 Å². The third-order valence-corrected chi connectivity index (χ3v) is 6.47. The van der Waals surface area contributed by atoms with Gasteiger partial charge in [0.15, 0.2) is 5.78 Å². The van der Waals surface area contributed by atoms with Crippen molar-refractivity contribution in [1.29, 1.82) is 0 Å².